The number of fused-ring (bicyclic) bond motifs is 4. The summed E-state index contributed by atoms with van der Waals surface area (Å²) in [5, 5.41) is 20.1. The number of benzene rings is 4. The summed E-state index contributed by atoms with van der Waals surface area (Å²) in [5.74, 6) is 0.480. The molecule has 8 heterocycles. The molecule has 17 nitrogen and oxygen atoms in total. The molecular weight excluding hydrogens is 1090 g/mol. The number of rotatable bonds is 13. The van der Waals surface area contributed by atoms with Gasteiger partial charge < -0.3 is 4.98 Å². The van der Waals surface area contributed by atoms with E-state index in [0.29, 0.717) is 15.8 Å². The Bertz CT molecular complexity index is 3830. The minimum atomic E-state index is -0.289. The van der Waals surface area contributed by atoms with Crippen molar-refractivity contribution in [3.05, 3.63) is 205 Å². The van der Waals surface area contributed by atoms with Crippen LogP contribution in [-0.4, -0.2) is 67.7 Å². The number of anilines is 4. The highest BCUT2D eigenvalue weighted by atomic mass is 32.1. The first-order valence-electron chi connectivity index (χ1n) is 24.3. The molecule has 404 valence electrons. The Balaban J connectivity index is 0.000000140. The van der Waals surface area contributed by atoms with Gasteiger partial charge in [0.1, 0.15) is 17.3 Å². The molecular formula is C57H53F2N17S4. The van der Waals surface area contributed by atoms with Crippen molar-refractivity contribution >= 4 is 130 Å². The van der Waals surface area contributed by atoms with Gasteiger partial charge in [0.2, 0.25) is 20.5 Å². The second kappa shape index (κ2) is 27.9. The van der Waals surface area contributed by atoms with E-state index in [9.17, 15) is 8.78 Å². The van der Waals surface area contributed by atoms with Crippen LogP contribution in [0.4, 0.5) is 29.3 Å². The lowest BCUT2D eigenvalue weighted by molar-refractivity contribution is 0.629. The van der Waals surface area contributed by atoms with E-state index >= 15 is 0 Å². The van der Waals surface area contributed by atoms with E-state index in [1.54, 1.807) is 65.8 Å². The third-order valence-corrected chi connectivity index (χ3v) is 14.6. The second-order valence-corrected chi connectivity index (χ2v) is 21.1. The number of hydrazone groups is 4. The van der Waals surface area contributed by atoms with Crippen LogP contribution in [-0.2, 0) is 0 Å². The summed E-state index contributed by atoms with van der Waals surface area (Å²) >= 11 is 5.96. The van der Waals surface area contributed by atoms with Crippen molar-refractivity contribution in [3.63, 3.8) is 0 Å². The number of imidazole rings is 1. The van der Waals surface area contributed by atoms with E-state index in [-0.39, 0.29) is 25.0 Å². The predicted molar refractivity (Wildman–Crippen MR) is 329 cm³/mol. The SMILES string of the molecule is C.C/C(=N\Nc1nc2cc(F)ccc2s1)c1ccccn1.C/C(=N\Nc1nc2ccc(F)cc2s1)c1ccccn1.C/C(=N\Nc1nc2ccccc2s1)c1ncc[nH]1.CC(C)/C(=N\Nc1nc2ccccc2s1)c1ccccn1. The number of halogens is 2. The standard InChI is InChI=1S/C16H16N4S.2C14H11FN4S.C12H11N5S.CH4/c1-11(2)15(13-8-5-6-10-17-13)19-20-16-18-12-7-3-4-9-14(12)21-16;1-9(11-4-2-3-7-16-11)18-19-14-17-12-8-10(15)5-6-13(12)20-14;1-9(11-4-2-3-7-16-11)18-19-14-17-12-6-5-10(15)8-13(12)20-14;1-8(11-13-6-7-14-11)16-17-12-15-9-4-2-3-5-10(9)18-12;/h3-11H,1-2H3,(H,18,20);2*2-8H,1H3,(H,17,19);2-7H,1H3,(H,13,14)(H,15,17);1H4/b19-15+;2*18-9+;16-8+;. The van der Waals surface area contributed by atoms with E-state index < -0.39 is 0 Å². The van der Waals surface area contributed by atoms with Crippen LogP contribution < -0.4 is 21.7 Å². The highest BCUT2D eigenvalue weighted by molar-refractivity contribution is 7.23. The number of hydrogen-bond acceptors (Lipinski definition) is 20. The van der Waals surface area contributed by atoms with Crippen LogP contribution in [0.15, 0.2) is 191 Å². The summed E-state index contributed by atoms with van der Waals surface area (Å²) in [7, 11) is 0. The fourth-order valence-electron chi connectivity index (χ4n) is 7.02. The summed E-state index contributed by atoms with van der Waals surface area (Å²) in [6.07, 6.45) is 8.69. The lowest BCUT2D eigenvalue weighted by Gasteiger charge is -2.09. The molecule has 12 aromatic rings. The number of nitrogens with one attached hydrogen (secondary N) is 5. The van der Waals surface area contributed by atoms with Crippen LogP contribution in [0.1, 0.15) is 65.0 Å². The minimum Gasteiger partial charge on any atom is -0.344 e. The van der Waals surface area contributed by atoms with Gasteiger partial charge in [0.15, 0.2) is 5.82 Å². The number of nitrogens with zero attached hydrogens (tertiary/aromatic N) is 12. The zero-order chi connectivity index (χ0) is 54.9. The Morgan fingerprint density at radius 2 is 0.863 bits per heavy atom. The zero-order valence-corrected chi connectivity index (χ0v) is 46.3. The molecule has 0 fully saturated rings. The highest BCUT2D eigenvalue weighted by Gasteiger charge is 2.12. The van der Waals surface area contributed by atoms with E-state index in [4.69, 9.17) is 0 Å². The van der Waals surface area contributed by atoms with Gasteiger partial charge >= 0.3 is 0 Å². The van der Waals surface area contributed by atoms with Gasteiger partial charge in [-0.1, -0.05) is 109 Å². The van der Waals surface area contributed by atoms with E-state index in [1.165, 1.54) is 46.9 Å². The van der Waals surface area contributed by atoms with Gasteiger partial charge in [0.25, 0.3) is 0 Å². The Morgan fingerprint density at radius 1 is 0.438 bits per heavy atom. The summed E-state index contributed by atoms with van der Waals surface area (Å²) < 4.78 is 30.2. The molecule has 0 aliphatic rings. The molecule has 5 N–H and O–H groups in total. The molecule has 0 atom stereocenters. The molecule has 0 aliphatic heterocycles. The van der Waals surface area contributed by atoms with Crippen molar-refractivity contribution in [1.29, 1.82) is 0 Å². The monoisotopic (exact) mass is 1140 g/mol. The topological polar surface area (TPSA) is 216 Å². The maximum absolute atomic E-state index is 13.1. The van der Waals surface area contributed by atoms with Crippen LogP contribution in [0.25, 0.3) is 40.9 Å². The number of pyridine rings is 3. The van der Waals surface area contributed by atoms with Crippen LogP contribution in [0.2, 0.25) is 0 Å². The Kier molecular flexibility index (Phi) is 19.9. The van der Waals surface area contributed by atoms with Crippen LogP contribution >= 0.6 is 45.3 Å². The first-order valence-corrected chi connectivity index (χ1v) is 27.6. The van der Waals surface area contributed by atoms with Crippen molar-refractivity contribution < 1.29 is 8.78 Å². The predicted octanol–water partition coefficient (Wildman–Crippen LogP) is 15.0. The molecule has 0 bridgehead atoms. The molecule has 80 heavy (non-hydrogen) atoms. The molecule has 0 spiro atoms. The zero-order valence-electron chi connectivity index (χ0n) is 43.0. The Hall–Kier alpha value is -9.16. The molecule has 0 radical (unpaired) electrons. The van der Waals surface area contributed by atoms with Gasteiger partial charge in [0, 0.05) is 37.1 Å². The Labute approximate surface area is 475 Å². The third-order valence-electron chi connectivity index (χ3n) is 10.9. The number of aromatic nitrogens is 9. The largest absolute Gasteiger partial charge is 0.344 e. The fourth-order valence-corrected chi connectivity index (χ4v) is 10.3. The van der Waals surface area contributed by atoms with Gasteiger partial charge in [0.05, 0.1) is 75.1 Å². The quantitative estimate of drug-likeness (QED) is 0.0538. The van der Waals surface area contributed by atoms with Crippen molar-refractivity contribution in [2.24, 2.45) is 26.3 Å². The van der Waals surface area contributed by atoms with Crippen molar-refractivity contribution in [3.8, 4) is 0 Å². The summed E-state index contributed by atoms with van der Waals surface area (Å²) in [6.45, 7) is 9.82. The summed E-state index contributed by atoms with van der Waals surface area (Å²) in [5.41, 5.74) is 20.9. The molecule has 0 saturated heterocycles. The lowest BCUT2D eigenvalue weighted by Crippen LogP contribution is -2.13. The maximum Gasteiger partial charge on any atom is 0.204 e. The van der Waals surface area contributed by atoms with Crippen molar-refractivity contribution in [2.45, 2.75) is 42.0 Å². The average Bonchev–Trinajstić information content (AvgIpc) is 4.37. The molecule has 0 saturated carbocycles. The molecule has 0 amide bonds. The smallest absolute Gasteiger partial charge is 0.204 e. The summed E-state index contributed by atoms with van der Waals surface area (Å²) in [4.78, 5) is 37.5. The number of hydrogen-bond donors (Lipinski definition) is 5. The van der Waals surface area contributed by atoms with Crippen LogP contribution in [0, 0.1) is 17.6 Å². The number of para-hydroxylation sites is 2. The second-order valence-electron chi connectivity index (χ2n) is 17.0. The van der Waals surface area contributed by atoms with Gasteiger partial charge in [-0.3, -0.25) is 36.7 Å². The lowest BCUT2D eigenvalue weighted by atomic mass is 10.1. The van der Waals surface area contributed by atoms with E-state index in [1.807, 2.05) is 118 Å². The minimum absolute atomic E-state index is 0. The van der Waals surface area contributed by atoms with Gasteiger partial charge in [-0.05, 0) is 118 Å². The molecule has 12 rings (SSSR count). The van der Waals surface area contributed by atoms with Gasteiger partial charge in [-0.2, -0.15) is 20.4 Å². The normalized spacial score (nSPS) is 11.8. The highest BCUT2D eigenvalue weighted by Crippen LogP contribution is 2.29. The first-order chi connectivity index (χ1) is 38.5. The number of H-pyrrole nitrogens is 1. The molecule has 4 aromatic carbocycles. The molecule has 0 unspecified atom stereocenters. The van der Waals surface area contributed by atoms with Gasteiger partial charge in [-0.25, -0.2) is 33.7 Å². The maximum atomic E-state index is 13.1. The number of thiazole rings is 4. The third kappa shape index (κ3) is 15.7. The van der Waals surface area contributed by atoms with E-state index in [0.717, 1.165) is 91.4 Å². The number of aromatic amines is 1. The average molecular weight is 1140 g/mol. The Morgan fingerprint density at radius 3 is 1.35 bits per heavy atom. The van der Waals surface area contributed by atoms with E-state index in [2.05, 4.69) is 107 Å². The van der Waals surface area contributed by atoms with Crippen LogP contribution in [0.5, 0.6) is 0 Å². The molecule has 8 aromatic heterocycles. The van der Waals surface area contributed by atoms with Crippen molar-refractivity contribution in [2.75, 3.05) is 21.7 Å². The fraction of sp³-hybridized carbons (Fsp3) is 0.123. The molecule has 0 aliphatic carbocycles. The molecule has 23 heteroatoms. The van der Waals surface area contributed by atoms with Crippen LogP contribution in [0.3, 0.4) is 0 Å². The van der Waals surface area contributed by atoms with Crippen molar-refractivity contribution in [1.82, 2.24) is 44.9 Å². The summed E-state index contributed by atoms with van der Waals surface area (Å²) in [6, 6.07) is 42.3. The van der Waals surface area contributed by atoms with Gasteiger partial charge in [-0.15, -0.1) is 0 Å². The first kappa shape index (κ1) is 57.0.